The van der Waals surface area contributed by atoms with Crippen molar-refractivity contribution >= 4 is 5.69 Å². The van der Waals surface area contributed by atoms with E-state index in [9.17, 15) is 0 Å². The Bertz CT molecular complexity index is 470. The average molecular weight is 354 g/mol. The van der Waals surface area contributed by atoms with E-state index in [0.717, 1.165) is 12.5 Å². The van der Waals surface area contributed by atoms with Crippen LogP contribution in [-0.2, 0) is 0 Å². The van der Waals surface area contributed by atoms with Crippen molar-refractivity contribution < 1.29 is 0 Å². The molecule has 1 aromatic carbocycles. The summed E-state index contributed by atoms with van der Waals surface area (Å²) in [6.45, 7) is 1.09. The van der Waals surface area contributed by atoms with E-state index in [1.165, 1.54) is 89.2 Å². The van der Waals surface area contributed by atoms with Crippen molar-refractivity contribution in [3.63, 3.8) is 0 Å². The lowest BCUT2D eigenvalue weighted by Gasteiger charge is -2.17. The summed E-state index contributed by atoms with van der Waals surface area (Å²) in [4.78, 5) is 0. The first-order valence-corrected chi connectivity index (χ1v) is 11.1. The monoisotopic (exact) mass is 353 g/mol. The average Bonchev–Trinajstić information content (AvgIpc) is 2.69. The van der Waals surface area contributed by atoms with E-state index in [2.05, 4.69) is 59.9 Å². The summed E-state index contributed by atoms with van der Waals surface area (Å²) < 4.78 is 0. The molecule has 1 aromatic rings. The summed E-state index contributed by atoms with van der Waals surface area (Å²) in [5, 5.41) is 3.65. The molecule has 0 saturated heterocycles. The van der Waals surface area contributed by atoms with Crippen LogP contribution in [0, 0.1) is 5.92 Å². The molecule has 26 heavy (non-hydrogen) atoms. The zero-order valence-corrected chi connectivity index (χ0v) is 16.7. The molecule has 0 aliphatic heterocycles. The lowest BCUT2D eigenvalue weighted by atomic mass is 9.92. The fraction of sp³-hybridized carbons (Fsp3) is 0.600. The molecule has 1 aliphatic carbocycles. The summed E-state index contributed by atoms with van der Waals surface area (Å²) in [7, 11) is 0. The molecule has 2 rings (SSSR count). The van der Waals surface area contributed by atoms with Gasteiger partial charge in [-0.1, -0.05) is 120 Å². The van der Waals surface area contributed by atoms with Crippen LogP contribution in [0.25, 0.3) is 0 Å². The predicted octanol–water partition coefficient (Wildman–Crippen LogP) is 7.92. The van der Waals surface area contributed by atoms with Crippen molar-refractivity contribution in [2.24, 2.45) is 5.92 Å². The molecule has 0 unspecified atom stereocenters. The maximum Gasteiger partial charge on any atom is 0.0340 e. The van der Waals surface area contributed by atoms with Gasteiger partial charge in [-0.05, 0) is 24.5 Å². The van der Waals surface area contributed by atoms with Crippen LogP contribution in [0.2, 0.25) is 0 Å². The Morgan fingerprint density at radius 1 is 0.577 bits per heavy atom. The van der Waals surface area contributed by atoms with E-state index in [0.29, 0.717) is 0 Å². The first-order chi connectivity index (χ1) is 12.9. The number of nitrogens with one attached hydrogen (secondary N) is 1. The second-order valence-corrected chi connectivity index (χ2v) is 7.83. The number of anilines is 1. The Morgan fingerprint density at radius 2 is 1.00 bits per heavy atom. The van der Waals surface area contributed by atoms with Gasteiger partial charge in [0.25, 0.3) is 0 Å². The molecule has 0 bridgehead atoms. The third kappa shape index (κ3) is 10.5. The Labute approximate surface area is 161 Å². The molecular formula is C25H39N. The largest absolute Gasteiger partial charge is 0.385 e. The molecule has 1 N–H and O–H groups in total. The van der Waals surface area contributed by atoms with Crippen LogP contribution in [0.15, 0.2) is 54.6 Å². The van der Waals surface area contributed by atoms with Crippen LogP contribution in [0.5, 0.6) is 0 Å². The Hall–Kier alpha value is -1.50. The minimum atomic E-state index is 0.908. The van der Waals surface area contributed by atoms with E-state index in [1.54, 1.807) is 0 Å². The molecular weight excluding hydrogens is 314 g/mol. The molecule has 0 radical (unpaired) electrons. The van der Waals surface area contributed by atoms with E-state index in [1.807, 2.05) is 0 Å². The van der Waals surface area contributed by atoms with Crippen LogP contribution in [-0.4, -0.2) is 6.54 Å². The maximum atomic E-state index is 3.65. The zero-order valence-electron chi connectivity index (χ0n) is 16.7. The normalized spacial score (nSPS) is 17.8. The molecule has 144 valence electrons. The van der Waals surface area contributed by atoms with Crippen molar-refractivity contribution in [2.45, 2.75) is 83.5 Å². The smallest absolute Gasteiger partial charge is 0.0340 e. The molecule has 1 aliphatic rings. The van der Waals surface area contributed by atoms with Gasteiger partial charge < -0.3 is 5.32 Å². The summed E-state index contributed by atoms with van der Waals surface area (Å²) in [6, 6.07) is 18.9. The molecule has 0 spiro atoms. The molecule has 0 aromatic heterocycles. The van der Waals surface area contributed by atoms with Gasteiger partial charge in [0.2, 0.25) is 0 Å². The van der Waals surface area contributed by atoms with E-state index >= 15 is 0 Å². The third-order valence-corrected chi connectivity index (χ3v) is 5.57. The quantitative estimate of drug-likeness (QED) is 0.579. The molecule has 0 heterocycles. The molecule has 1 nitrogen and oxygen atoms in total. The lowest BCUT2D eigenvalue weighted by Crippen LogP contribution is -2.09. The molecule has 0 amide bonds. The van der Waals surface area contributed by atoms with Gasteiger partial charge in [0.15, 0.2) is 0 Å². The second kappa shape index (κ2) is 14.6. The first-order valence-electron chi connectivity index (χ1n) is 11.1. The second-order valence-electron chi connectivity index (χ2n) is 7.83. The van der Waals surface area contributed by atoms with Crippen molar-refractivity contribution in [1.82, 2.24) is 0 Å². The van der Waals surface area contributed by atoms with Gasteiger partial charge in [-0.3, -0.25) is 0 Å². The van der Waals surface area contributed by atoms with E-state index < -0.39 is 0 Å². The van der Waals surface area contributed by atoms with Crippen LogP contribution in [0.3, 0.4) is 0 Å². The Balaban J connectivity index is 1.79. The van der Waals surface area contributed by atoms with Gasteiger partial charge in [-0.15, -0.1) is 0 Å². The van der Waals surface area contributed by atoms with Gasteiger partial charge in [0.1, 0.15) is 0 Å². The Kier molecular flexibility index (Phi) is 11.7. The van der Waals surface area contributed by atoms with Crippen LogP contribution in [0.1, 0.15) is 83.5 Å². The highest BCUT2D eigenvalue weighted by Crippen LogP contribution is 2.23. The Morgan fingerprint density at radius 3 is 1.50 bits per heavy atom. The number of hydrogen-bond donors (Lipinski definition) is 1. The topological polar surface area (TPSA) is 12.0 Å². The molecule has 1 saturated carbocycles. The molecule has 1 heteroatoms. The maximum absolute atomic E-state index is 3.65. The molecule has 1 fully saturated rings. The van der Waals surface area contributed by atoms with E-state index in [4.69, 9.17) is 0 Å². The predicted molar refractivity (Wildman–Crippen MR) is 116 cm³/mol. The summed E-state index contributed by atoms with van der Waals surface area (Å²) in [5.41, 5.74) is 1.21. The van der Waals surface area contributed by atoms with Crippen LogP contribution >= 0.6 is 0 Å². The first kappa shape index (κ1) is 20.8. The van der Waals surface area contributed by atoms with Crippen molar-refractivity contribution in [3.05, 3.63) is 54.6 Å². The van der Waals surface area contributed by atoms with E-state index in [-0.39, 0.29) is 0 Å². The van der Waals surface area contributed by atoms with Gasteiger partial charge in [-0.2, -0.15) is 0 Å². The van der Waals surface area contributed by atoms with Crippen molar-refractivity contribution in [2.75, 3.05) is 11.9 Å². The highest BCUT2D eigenvalue weighted by molar-refractivity contribution is 5.40. The lowest BCUT2D eigenvalue weighted by molar-refractivity contribution is 0.392. The molecule has 0 atom stereocenters. The minimum Gasteiger partial charge on any atom is -0.385 e. The fourth-order valence-corrected chi connectivity index (χ4v) is 3.95. The van der Waals surface area contributed by atoms with Crippen molar-refractivity contribution in [1.29, 1.82) is 0 Å². The van der Waals surface area contributed by atoms with Crippen LogP contribution in [0.4, 0.5) is 5.69 Å². The third-order valence-electron chi connectivity index (χ3n) is 5.57. The summed E-state index contributed by atoms with van der Waals surface area (Å²) >= 11 is 0. The summed E-state index contributed by atoms with van der Waals surface area (Å²) in [5.74, 6) is 0.908. The standard InChI is InChI=1S/C25H39N/c1-2-4-7-11-15-19-24(18-14-10-6-3-1)22-23-26-25-20-16-12-8-5-9-13-17-21-25/h5,8-9,12-13,16-17,20-21,24,26H,1-4,6-7,10-11,14-15,18-19,22-23H2. The van der Waals surface area contributed by atoms with Crippen LogP contribution < -0.4 is 5.32 Å². The SMILES string of the molecule is c1ccccc(NCCC2CCCCCCCCCCCC2)cccc1. The number of hydrogen-bond acceptors (Lipinski definition) is 1. The van der Waals surface area contributed by atoms with Gasteiger partial charge >= 0.3 is 0 Å². The zero-order chi connectivity index (χ0) is 18.1. The minimum absolute atomic E-state index is 0.908. The van der Waals surface area contributed by atoms with Gasteiger partial charge in [0.05, 0.1) is 0 Å². The van der Waals surface area contributed by atoms with Gasteiger partial charge in [0, 0.05) is 12.2 Å². The summed E-state index contributed by atoms with van der Waals surface area (Å²) in [6.07, 6.45) is 18.7. The van der Waals surface area contributed by atoms with Crippen molar-refractivity contribution in [3.8, 4) is 0 Å². The van der Waals surface area contributed by atoms with Gasteiger partial charge in [-0.25, -0.2) is 0 Å². The highest BCUT2D eigenvalue weighted by Gasteiger charge is 2.09. The highest BCUT2D eigenvalue weighted by atomic mass is 14.9. The fourth-order valence-electron chi connectivity index (χ4n) is 3.95. The number of rotatable bonds is 4.